The number of aliphatic hydroxyl groups excluding tert-OH is 1. The van der Waals surface area contributed by atoms with E-state index in [9.17, 15) is 4.79 Å². The zero-order valence-corrected chi connectivity index (χ0v) is 10.1. The third-order valence-electron chi connectivity index (χ3n) is 2.53. The van der Waals surface area contributed by atoms with Crippen LogP contribution in [0.2, 0.25) is 0 Å². The van der Waals surface area contributed by atoms with Gasteiger partial charge in [0.15, 0.2) is 0 Å². The maximum absolute atomic E-state index is 11.1. The number of hydrogen-bond acceptors (Lipinski definition) is 4. The van der Waals surface area contributed by atoms with Crippen molar-refractivity contribution in [3.63, 3.8) is 0 Å². The molecule has 4 heteroatoms. The van der Waals surface area contributed by atoms with Crippen molar-refractivity contribution in [2.24, 2.45) is 0 Å². The topological polar surface area (TPSA) is 59.7 Å². The summed E-state index contributed by atoms with van der Waals surface area (Å²) in [6, 6.07) is 8.41. The molecule has 0 spiro atoms. The molecule has 0 aliphatic rings. The van der Waals surface area contributed by atoms with Crippen LogP contribution >= 0.6 is 0 Å². The van der Waals surface area contributed by atoms with Gasteiger partial charge >= 0.3 is 5.63 Å². The molecule has 2 aromatic rings. The third-order valence-corrected chi connectivity index (χ3v) is 2.53. The van der Waals surface area contributed by atoms with Crippen LogP contribution in [0.3, 0.4) is 0 Å². The molecule has 1 heterocycles. The maximum Gasteiger partial charge on any atom is 0.336 e. The van der Waals surface area contributed by atoms with E-state index < -0.39 is 0 Å². The van der Waals surface area contributed by atoms with Crippen LogP contribution in [0.5, 0.6) is 5.75 Å². The summed E-state index contributed by atoms with van der Waals surface area (Å²) >= 11 is 0. The Balaban J connectivity index is 2.17. The average molecular weight is 246 g/mol. The molecule has 0 amide bonds. The summed E-state index contributed by atoms with van der Waals surface area (Å²) in [6.07, 6.45) is 1.80. The van der Waals surface area contributed by atoms with Gasteiger partial charge in [-0.1, -0.05) is 0 Å². The smallest absolute Gasteiger partial charge is 0.336 e. The van der Waals surface area contributed by atoms with Crippen molar-refractivity contribution < 1.29 is 14.3 Å². The largest absolute Gasteiger partial charge is 0.489 e. The van der Waals surface area contributed by atoms with Crippen LogP contribution in [0, 0.1) is 0 Å². The third kappa shape index (κ3) is 2.99. The van der Waals surface area contributed by atoms with E-state index in [4.69, 9.17) is 14.3 Å². The quantitative estimate of drug-likeness (QED) is 0.663. The first kappa shape index (κ1) is 12.4. The van der Waals surface area contributed by atoms with Gasteiger partial charge in [-0.25, -0.2) is 4.79 Å². The molecule has 0 radical (unpaired) electrons. The Morgan fingerprint density at radius 2 is 2.17 bits per heavy atom. The Kier molecular flexibility index (Phi) is 3.79. The van der Waals surface area contributed by atoms with Crippen LogP contribution in [-0.4, -0.2) is 18.3 Å². The lowest BCUT2D eigenvalue weighted by molar-refractivity contribution is 0.325. The van der Waals surface area contributed by atoms with Crippen molar-refractivity contribution in [1.82, 2.24) is 0 Å². The Labute approximate surface area is 104 Å². The Morgan fingerprint density at radius 3 is 2.94 bits per heavy atom. The van der Waals surface area contributed by atoms with E-state index in [2.05, 4.69) is 0 Å². The van der Waals surface area contributed by atoms with Crippen molar-refractivity contribution in [2.75, 3.05) is 13.2 Å². The van der Waals surface area contributed by atoms with Crippen LogP contribution in [-0.2, 0) is 0 Å². The van der Waals surface area contributed by atoms with Crippen molar-refractivity contribution in [2.45, 2.75) is 6.92 Å². The van der Waals surface area contributed by atoms with Gasteiger partial charge in [0.25, 0.3) is 0 Å². The van der Waals surface area contributed by atoms with E-state index in [1.165, 1.54) is 6.07 Å². The standard InChI is InChI=1S/C14H14O4/c1-10(9-15)6-7-17-12-4-2-11-3-5-14(16)18-13(11)8-12/h2-6,8,15H,7,9H2,1H3/b10-6+. The van der Waals surface area contributed by atoms with Crippen LogP contribution < -0.4 is 10.4 Å². The summed E-state index contributed by atoms with van der Waals surface area (Å²) in [5.74, 6) is 0.624. The maximum atomic E-state index is 11.1. The van der Waals surface area contributed by atoms with Crippen molar-refractivity contribution in [1.29, 1.82) is 0 Å². The highest BCUT2D eigenvalue weighted by molar-refractivity contribution is 5.77. The molecule has 0 fully saturated rings. The van der Waals surface area contributed by atoms with Crippen LogP contribution in [0.15, 0.2) is 51.2 Å². The van der Waals surface area contributed by atoms with Crippen LogP contribution in [0.1, 0.15) is 6.92 Å². The van der Waals surface area contributed by atoms with Crippen LogP contribution in [0.4, 0.5) is 0 Å². The van der Waals surface area contributed by atoms with E-state index in [-0.39, 0.29) is 12.2 Å². The zero-order valence-electron chi connectivity index (χ0n) is 10.1. The van der Waals surface area contributed by atoms with Gasteiger partial charge in [-0.15, -0.1) is 0 Å². The first-order valence-corrected chi connectivity index (χ1v) is 5.62. The molecule has 18 heavy (non-hydrogen) atoms. The zero-order chi connectivity index (χ0) is 13.0. The minimum absolute atomic E-state index is 0.0238. The SMILES string of the molecule is C/C(=C\COc1ccc2ccc(=O)oc2c1)CO. The van der Waals surface area contributed by atoms with Crippen molar-refractivity contribution in [3.8, 4) is 5.75 Å². The van der Waals surface area contributed by atoms with Gasteiger partial charge < -0.3 is 14.3 Å². The highest BCUT2D eigenvalue weighted by Gasteiger charge is 1.99. The number of aliphatic hydroxyl groups is 1. The minimum atomic E-state index is -0.379. The van der Waals surface area contributed by atoms with E-state index >= 15 is 0 Å². The van der Waals surface area contributed by atoms with Gasteiger partial charge in [-0.2, -0.15) is 0 Å². The fourth-order valence-electron chi connectivity index (χ4n) is 1.48. The second-order valence-corrected chi connectivity index (χ2v) is 3.97. The molecule has 0 aliphatic heterocycles. The number of ether oxygens (including phenoxy) is 1. The van der Waals surface area contributed by atoms with Gasteiger partial charge in [-0.05, 0) is 36.8 Å². The summed E-state index contributed by atoms with van der Waals surface area (Å²) in [6.45, 7) is 2.22. The fourth-order valence-corrected chi connectivity index (χ4v) is 1.48. The lowest BCUT2D eigenvalue weighted by atomic mass is 10.2. The Hall–Kier alpha value is -2.07. The van der Waals surface area contributed by atoms with Gasteiger partial charge in [-0.3, -0.25) is 0 Å². The molecule has 0 saturated heterocycles. The minimum Gasteiger partial charge on any atom is -0.489 e. The summed E-state index contributed by atoms with van der Waals surface area (Å²) in [5.41, 5.74) is 0.973. The number of fused-ring (bicyclic) bond motifs is 1. The van der Waals surface area contributed by atoms with Crippen LogP contribution in [0.25, 0.3) is 11.0 Å². The predicted octanol–water partition coefficient (Wildman–Crippen LogP) is 2.11. The second-order valence-electron chi connectivity index (χ2n) is 3.97. The number of rotatable bonds is 4. The summed E-state index contributed by atoms with van der Waals surface area (Å²) < 4.78 is 10.5. The Bertz CT molecular complexity index is 625. The molecule has 1 aromatic carbocycles. The number of hydrogen-bond donors (Lipinski definition) is 1. The highest BCUT2D eigenvalue weighted by atomic mass is 16.5. The highest BCUT2D eigenvalue weighted by Crippen LogP contribution is 2.19. The molecule has 0 unspecified atom stereocenters. The van der Waals surface area contributed by atoms with Gasteiger partial charge in [0, 0.05) is 17.5 Å². The van der Waals surface area contributed by atoms with Crippen molar-refractivity contribution >= 4 is 11.0 Å². The first-order valence-electron chi connectivity index (χ1n) is 5.62. The summed E-state index contributed by atoms with van der Waals surface area (Å²) in [4.78, 5) is 11.1. The fraction of sp³-hybridized carbons (Fsp3) is 0.214. The normalized spacial score (nSPS) is 11.8. The predicted molar refractivity (Wildman–Crippen MR) is 68.8 cm³/mol. The molecular weight excluding hydrogens is 232 g/mol. The molecule has 0 saturated carbocycles. The monoisotopic (exact) mass is 246 g/mol. The van der Waals surface area contributed by atoms with Gasteiger partial charge in [0.2, 0.25) is 0 Å². The number of benzene rings is 1. The molecule has 1 aromatic heterocycles. The summed E-state index contributed by atoms with van der Waals surface area (Å²) in [5, 5.41) is 9.68. The Morgan fingerprint density at radius 1 is 1.39 bits per heavy atom. The van der Waals surface area contributed by atoms with Gasteiger partial charge in [0.05, 0.1) is 6.61 Å². The first-order chi connectivity index (χ1) is 8.69. The van der Waals surface area contributed by atoms with E-state index in [1.807, 2.05) is 19.1 Å². The van der Waals surface area contributed by atoms with Gasteiger partial charge in [0.1, 0.15) is 17.9 Å². The molecule has 2 rings (SSSR count). The second kappa shape index (κ2) is 5.51. The molecule has 94 valence electrons. The molecule has 0 bridgehead atoms. The van der Waals surface area contributed by atoms with E-state index in [0.29, 0.717) is 17.9 Å². The van der Waals surface area contributed by atoms with Crippen molar-refractivity contribution in [3.05, 3.63) is 52.4 Å². The molecular formula is C14H14O4. The molecule has 4 nitrogen and oxygen atoms in total. The molecule has 1 N–H and O–H groups in total. The lowest BCUT2D eigenvalue weighted by Gasteiger charge is -2.04. The van der Waals surface area contributed by atoms with E-state index in [0.717, 1.165) is 11.0 Å². The molecule has 0 atom stereocenters. The lowest BCUT2D eigenvalue weighted by Crippen LogP contribution is -1.97. The van der Waals surface area contributed by atoms with E-state index in [1.54, 1.807) is 18.2 Å². The average Bonchev–Trinajstić information content (AvgIpc) is 2.38. The summed E-state index contributed by atoms with van der Waals surface area (Å²) in [7, 11) is 0. The molecule has 0 aliphatic carbocycles.